The number of nitrogens with zero attached hydrogens (tertiary/aromatic N) is 1. The highest BCUT2D eigenvalue weighted by atomic mass is 16.5. The van der Waals surface area contributed by atoms with Gasteiger partial charge in [-0.05, 0) is 65.7 Å². The summed E-state index contributed by atoms with van der Waals surface area (Å²) in [5.41, 5.74) is 4.59. The van der Waals surface area contributed by atoms with Gasteiger partial charge in [0, 0.05) is 11.6 Å². The van der Waals surface area contributed by atoms with E-state index in [2.05, 4.69) is 10.5 Å². The van der Waals surface area contributed by atoms with Crippen molar-refractivity contribution in [2.75, 3.05) is 7.11 Å². The second-order valence-corrected chi connectivity index (χ2v) is 6.16. The first-order valence-electron chi connectivity index (χ1n) is 9.16. The Kier molecular flexibility index (Phi) is 7.11. The average Bonchev–Trinajstić information content (AvgIpc) is 2.79. The van der Waals surface area contributed by atoms with E-state index in [1.165, 1.54) is 12.3 Å². The summed E-state index contributed by atoms with van der Waals surface area (Å²) in [6.07, 6.45) is 4.57. The molecule has 0 bridgehead atoms. The quantitative estimate of drug-likeness (QED) is 0.213. The van der Waals surface area contributed by atoms with E-state index in [1.54, 1.807) is 61.7 Å². The highest BCUT2D eigenvalue weighted by Gasteiger charge is 2.04. The molecule has 0 aromatic heterocycles. The van der Waals surface area contributed by atoms with Crippen LogP contribution >= 0.6 is 0 Å². The molecule has 0 spiro atoms. The Morgan fingerprint density at radius 3 is 2.17 bits per heavy atom. The maximum Gasteiger partial charge on any atom is 0.336 e. The molecule has 3 aromatic carbocycles. The van der Waals surface area contributed by atoms with E-state index in [-0.39, 0.29) is 5.91 Å². The molecule has 0 unspecified atom stereocenters. The van der Waals surface area contributed by atoms with Crippen molar-refractivity contribution < 1.29 is 19.1 Å². The van der Waals surface area contributed by atoms with E-state index in [4.69, 9.17) is 9.47 Å². The summed E-state index contributed by atoms with van der Waals surface area (Å²) in [6, 6.07) is 23.0. The minimum Gasteiger partial charge on any atom is -0.497 e. The van der Waals surface area contributed by atoms with Gasteiger partial charge in [-0.3, -0.25) is 4.79 Å². The fourth-order valence-corrected chi connectivity index (χ4v) is 2.47. The Morgan fingerprint density at radius 2 is 1.50 bits per heavy atom. The van der Waals surface area contributed by atoms with Crippen molar-refractivity contribution in [3.63, 3.8) is 0 Å². The van der Waals surface area contributed by atoms with E-state index in [9.17, 15) is 9.59 Å². The molecule has 1 N–H and O–H groups in total. The molecule has 6 nitrogen and oxygen atoms in total. The van der Waals surface area contributed by atoms with Gasteiger partial charge in [-0.25, -0.2) is 10.2 Å². The van der Waals surface area contributed by atoms with Crippen molar-refractivity contribution >= 4 is 24.2 Å². The largest absolute Gasteiger partial charge is 0.497 e. The first kappa shape index (κ1) is 20.5. The van der Waals surface area contributed by atoms with Crippen LogP contribution in [0.15, 0.2) is 90.0 Å². The molecule has 0 fully saturated rings. The van der Waals surface area contributed by atoms with E-state index in [0.717, 1.165) is 11.1 Å². The molecular formula is C24H20N2O4. The highest BCUT2D eigenvalue weighted by Crippen LogP contribution is 2.13. The van der Waals surface area contributed by atoms with Crippen LogP contribution in [0.1, 0.15) is 21.5 Å². The van der Waals surface area contributed by atoms with E-state index < -0.39 is 5.97 Å². The molecule has 1 amide bonds. The van der Waals surface area contributed by atoms with Crippen molar-refractivity contribution in [2.45, 2.75) is 0 Å². The zero-order valence-electron chi connectivity index (χ0n) is 16.3. The van der Waals surface area contributed by atoms with Crippen LogP contribution in [0.2, 0.25) is 0 Å². The second-order valence-electron chi connectivity index (χ2n) is 6.16. The van der Waals surface area contributed by atoms with Crippen LogP contribution in [0.3, 0.4) is 0 Å². The van der Waals surface area contributed by atoms with Crippen molar-refractivity contribution in [1.29, 1.82) is 0 Å². The molecule has 0 aliphatic rings. The summed E-state index contributed by atoms with van der Waals surface area (Å²) in [4.78, 5) is 23.9. The van der Waals surface area contributed by atoms with Crippen LogP contribution in [0.5, 0.6) is 11.5 Å². The van der Waals surface area contributed by atoms with Gasteiger partial charge < -0.3 is 9.47 Å². The number of nitrogens with one attached hydrogen (secondary N) is 1. The van der Waals surface area contributed by atoms with Crippen molar-refractivity contribution in [2.24, 2.45) is 5.10 Å². The van der Waals surface area contributed by atoms with Gasteiger partial charge >= 0.3 is 5.97 Å². The molecule has 0 saturated heterocycles. The van der Waals surface area contributed by atoms with E-state index in [0.29, 0.717) is 17.1 Å². The fourth-order valence-electron chi connectivity index (χ4n) is 2.47. The molecule has 3 aromatic rings. The predicted molar refractivity (Wildman–Crippen MR) is 116 cm³/mol. The number of ether oxygens (including phenoxy) is 2. The number of rotatable bonds is 7. The average molecular weight is 400 g/mol. The van der Waals surface area contributed by atoms with Crippen LogP contribution in [-0.2, 0) is 4.79 Å². The number of benzene rings is 3. The molecule has 0 saturated carbocycles. The number of hydrogen-bond donors (Lipinski definition) is 1. The maximum atomic E-state index is 12.0. The van der Waals surface area contributed by atoms with Crippen LogP contribution in [0.4, 0.5) is 0 Å². The lowest BCUT2D eigenvalue weighted by atomic mass is 10.2. The summed E-state index contributed by atoms with van der Waals surface area (Å²) in [5, 5.41) is 3.94. The van der Waals surface area contributed by atoms with Crippen LogP contribution in [0, 0.1) is 0 Å². The molecule has 0 heterocycles. The van der Waals surface area contributed by atoms with Gasteiger partial charge in [0.1, 0.15) is 11.5 Å². The van der Waals surface area contributed by atoms with E-state index >= 15 is 0 Å². The van der Waals surface area contributed by atoms with Crippen molar-refractivity contribution in [3.8, 4) is 11.5 Å². The highest BCUT2D eigenvalue weighted by molar-refractivity contribution is 5.95. The van der Waals surface area contributed by atoms with Crippen molar-refractivity contribution in [1.82, 2.24) is 5.43 Å². The minimum atomic E-state index is -0.466. The number of carbonyl (C=O) groups is 2. The lowest BCUT2D eigenvalue weighted by molar-refractivity contribution is -0.128. The molecular weight excluding hydrogens is 380 g/mol. The molecule has 0 radical (unpaired) electrons. The Labute approximate surface area is 174 Å². The fraction of sp³-hybridized carbons (Fsp3) is 0.0417. The minimum absolute atomic E-state index is 0.329. The Bertz CT molecular complexity index is 1040. The maximum absolute atomic E-state index is 12.0. The second kappa shape index (κ2) is 10.4. The van der Waals surface area contributed by atoms with Gasteiger partial charge in [-0.2, -0.15) is 5.10 Å². The third-order valence-corrected chi connectivity index (χ3v) is 4.04. The molecule has 30 heavy (non-hydrogen) atoms. The number of hydrazone groups is 1. The lowest BCUT2D eigenvalue weighted by Crippen LogP contribution is -2.17. The summed E-state index contributed by atoms with van der Waals surface area (Å²) in [5.74, 6) is 0.292. The monoisotopic (exact) mass is 400 g/mol. The van der Waals surface area contributed by atoms with Gasteiger partial charge in [0.15, 0.2) is 0 Å². The zero-order valence-corrected chi connectivity index (χ0v) is 16.3. The van der Waals surface area contributed by atoms with Gasteiger partial charge in [0.2, 0.25) is 0 Å². The Balaban J connectivity index is 1.50. The number of carbonyl (C=O) groups excluding carboxylic acids is 2. The molecule has 0 atom stereocenters. The van der Waals surface area contributed by atoms with Crippen LogP contribution < -0.4 is 14.9 Å². The van der Waals surface area contributed by atoms with Gasteiger partial charge in [-0.1, -0.05) is 30.3 Å². The van der Waals surface area contributed by atoms with Crippen LogP contribution in [0.25, 0.3) is 6.08 Å². The van der Waals surface area contributed by atoms with Gasteiger partial charge in [0.05, 0.1) is 13.3 Å². The predicted octanol–water partition coefficient (Wildman–Crippen LogP) is 4.08. The molecule has 6 heteroatoms. The third kappa shape index (κ3) is 6.17. The Morgan fingerprint density at radius 1 is 0.833 bits per heavy atom. The Hall–Kier alpha value is -4.19. The van der Waals surface area contributed by atoms with Gasteiger partial charge in [0.25, 0.3) is 5.91 Å². The van der Waals surface area contributed by atoms with Crippen molar-refractivity contribution in [3.05, 3.63) is 102 Å². The normalized spacial score (nSPS) is 10.8. The lowest BCUT2D eigenvalue weighted by Gasteiger charge is -2.03. The summed E-state index contributed by atoms with van der Waals surface area (Å²) in [6.45, 7) is 0. The first-order valence-corrected chi connectivity index (χ1v) is 9.16. The van der Waals surface area contributed by atoms with E-state index in [1.807, 2.05) is 30.3 Å². The SMILES string of the molecule is COc1ccc(C(=O)NN=Cc2ccc(OC(=O)C=Cc3ccccc3)cc2)cc1. The summed E-state index contributed by atoms with van der Waals surface area (Å²) < 4.78 is 10.3. The topological polar surface area (TPSA) is 77.0 Å². The zero-order chi connectivity index (χ0) is 21.2. The molecule has 150 valence electrons. The summed E-state index contributed by atoms with van der Waals surface area (Å²) in [7, 11) is 1.56. The third-order valence-electron chi connectivity index (χ3n) is 4.04. The van der Waals surface area contributed by atoms with Crippen LogP contribution in [-0.4, -0.2) is 25.2 Å². The van der Waals surface area contributed by atoms with Gasteiger partial charge in [-0.15, -0.1) is 0 Å². The number of esters is 1. The molecule has 0 aliphatic heterocycles. The summed E-state index contributed by atoms with van der Waals surface area (Å²) >= 11 is 0. The number of amides is 1. The molecule has 3 rings (SSSR count). The number of hydrogen-bond acceptors (Lipinski definition) is 5. The first-order chi connectivity index (χ1) is 14.6. The number of methoxy groups -OCH3 is 1. The molecule has 0 aliphatic carbocycles. The smallest absolute Gasteiger partial charge is 0.336 e. The standard InChI is InChI=1S/C24H20N2O4/c1-29-21-14-10-20(11-15-21)24(28)26-25-17-19-7-12-22(13-8-19)30-23(27)16-9-18-5-3-2-4-6-18/h2-17H,1H3,(H,26,28).